The maximum atomic E-state index is 13.2. The highest BCUT2D eigenvalue weighted by molar-refractivity contribution is 7.99. The molecule has 2 aliphatic rings. The molecule has 10 heteroatoms. The van der Waals surface area contributed by atoms with Crippen LogP contribution >= 0.6 is 11.8 Å². The first-order chi connectivity index (χ1) is 17.2. The van der Waals surface area contributed by atoms with Crippen molar-refractivity contribution in [1.82, 2.24) is 19.7 Å². The number of thioether (sulfide) groups is 1. The zero-order chi connectivity index (χ0) is 24.0. The number of aromatic nitrogens is 3. The molecular formula is C25H29N5O4S. The van der Waals surface area contributed by atoms with E-state index in [1.165, 1.54) is 11.8 Å². The van der Waals surface area contributed by atoms with Gasteiger partial charge in [0, 0.05) is 26.2 Å². The van der Waals surface area contributed by atoms with Crippen molar-refractivity contribution in [3.8, 4) is 17.2 Å². The molecule has 0 N–H and O–H groups in total. The topological polar surface area (TPSA) is 82.0 Å². The van der Waals surface area contributed by atoms with Crippen LogP contribution in [0.3, 0.4) is 0 Å². The summed E-state index contributed by atoms with van der Waals surface area (Å²) in [5.41, 5.74) is 1.98. The number of carbonyl (C=O) groups excluding carboxylic acids is 1. The molecule has 0 atom stereocenters. The van der Waals surface area contributed by atoms with E-state index in [2.05, 4.69) is 15.1 Å². The Morgan fingerprint density at radius 1 is 1.00 bits per heavy atom. The Morgan fingerprint density at radius 2 is 1.77 bits per heavy atom. The summed E-state index contributed by atoms with van der Waals surface area (Å²) in [6, 6.07) is 15.9. The molecule has 0 bridgehead atoms. The molecule has 1 aromatic heterocycles. The second kappa shape index (κ2) is 11.0. The molecule has 9 nitrogen and oxygen atoms in total. The lowest BCUT2D eigenvalue weighted by Crippen LogP contribution is -2.37. The van der Waals surface area contributed by atoms with Gasteiger partial charge in [0.2, 0.25) is 11.9 Å². The van der Waals surface area contributed by atoms with Crippen molar-refractivity contribution in [2.75, 3.05) is 56.7 Å². The molecule has 1 saturated heterocycles. The Morgan fingerprint density at radius 3 is 2.54 bits per heavy atom. The molecule has 5 rings (SSSR count). The minimum Gasteiger partial charge on any atom is -0.486 e. The number of amides is 1. The lowest BCUT2D eigenvalue weighted by Gasteiger charge is -2.28. The first-order valence-electron chi connectivity index (χ1n) is 11.9. The maximum absolute atomic E-state index is 13.2. The number of rotatable bonds is 8. The van der Waals surface area contributed by atoms with Crippen molar-refractivity contribution in [2.24, 2.45) is 0 Å². The molecule has 0 radical (unpaired) electrons. The standard InChI is InChI=1S/C25H29N5O4S/c1-2-28(17-19-8-9-21-22(16-19)34-15-14-33-21)23(31)18-35-25-27-26-24(29-10-12-32-13-11-29)30(25)20-6-4-3-5-7-20/h3-9,16H,2,10-15,17-18H2,1H3. The normalized spacial score (nSPS) is 15.2. The van der Waals surface area contributed by atoms with Crippen LogP contribution in [0.15, 0.2) is 53.7 Å². The molecule has 1 amide bonds. The highest BCUT2D eigenvalue weighted by atomic mass is 32.2. The number of carbonyl (C=O) groups is 1. The van der Waals surface area contributed by atoms with Crippen molar-refractivity contribution in [1.29, 1.82) is 0 Å². The number of nitrogens with zero attached hydrogens (tertiary/aromatic N) is 5. The molecule has 35 heavy (non-hydrogen) atoms. The van der Waals surface area contributed by atoms with Gasteiger partial charge in [-0.15, -0.1) is 10.2 Å². The van der Waals surface area contributed by atoms with Gasteiger partial charge in [0.15, 0.2) is 16.7 Å². The van der Waals surface area contributed by atoms with Gasteiger partial charge in [-0.3, -0.25) is 9.36 Å². The summed E-state index contributed by atoms with van der Waals surface area (Å²) in [5, 5.41) is 9.62. The van der Waals surface area contributed by atoms with E-state index in [1.54, 1.807) is 0 Å². The number of hydrogen-bond donors (Lipinski definition) is 0. The molecular weight excluding hydrogens is 466 g/mol. The van der Waals surface area contributed by atoms with Gasteiger partial charge < -0.3 is 24.0 Å². The Labute approximate surface area is 209 Å². The molecule has 0 spiro atoms. The Hall–Kier alpha value is -3.24. The molecule has 2 aromatic carbocycles. The quantitative estimate of drug-likeness (QED) is 0.441. The SMILES string of the molecule is CCN(Cc1ccc2c(c1)OCCO2)C(=O)CSc1nnc(N2CCOCC2)n1-c1ccccc1. The molecule has 3 aromatic rings. The minimum absolute atomic E-state index is 0.0444. The predicted octanol–water partition coefficient (Wildman–Crippen LogP) is 3.02. The third kappa shape index (κ3) is 5.38. The smallest absolute Gasteiger partial charge is 0.233 e. The third-order valence-corrected chi connectivity index (χ3v) is 6.88. The lowest BCUT2D eigenvalue weighted by molar-refractivity contribution is -0.128. The molecule has 1 fully saturated rings. The summed E-state index contributed by atoms with van der Waals surface area (Å²) in [5.74, 6) is 2.58. The average molecular weight is 496 g/mol. The number of morpholine rings is 1. The second-order valence-corrected chi connectivity index (χ2v) is 9.17. The monoisotopic (exact) mass is 495 g/mol. The zero-order valence-electron chi connectivity index (χ0n) is 19.8. The van der Waals surface area contributed by atoms with Crippen LogP contribution in [-0.2, 0) is 16.1 Å². The van der Waals surface area contributed by atoms with Gasteiger partial charge in [0.05, 0.1) is 24.7 Å². The fraction of sp³-hybridized carbons (Fsp3) is 0.400. The van der Waals surface area contributed by atoms with Gasteiger partial charge >= 0.3 is 0 Å². The lowest BCUT2D eigenvalue weighted by atomic mass is 10.2. The molecule has 0 saturated carbocycles. The van der Waals surface area contributed by atoms with Crippen LogP contribution in [0.2, 0.25) is 0 Å². The minimum atomic E-state index is 0.0444. The van der Waals surface area contributed by atoms with Crippen molar-refractivity contribution in [3.05, 3.63) is 54.1 Å². The first kappa shape index (κ1) is 23.5. The van der Waals surface area contributed by atoms with Crippen LogP contribution in [0.5, 0.6) is 11.5 Å². The molecule has 0 unspecified atom stereocenters. The van der Waals surface area contributed by atoms with Gasteiger partial charge in [-0.05, 0) is 36.8 Å². The molecule has 2 aliphatic heterocycles. The van der Waals surface area contributed by atoms with Gasteiger partial charge in [-0.2, -0.15) is 0 Å². The van der Waals surface area contributed by atoms with Gasteiger partial charge in [-0.25, -0.2) is 0 Å². The number of benzene rings is 2. The number of anilines is 1. The van der Waals surface area contributed by atoms with E-state index < -0.39 is 0 Å². The van der Waals surface area contributed by atoms with Gasteiger partial charge in [-0.1, -0.05) is 36.0 Å². The summed E-state index contributed by atoms with van der Waals surface area (Å²) < 4.78 is 18.8. The van der Waals surface area contributed by atoms with Crippen LogP contribution < -0.4 is 14.4 Å². The Kier molecular flexibility index (Phi) is 7.39. The van der Waals surface area contributed by atoms with E-state index in [-0.39, 0.29) is 11.7 Å². The second-order valence-electron chi connectivity index (χ2n) is 8.23. The fourth-order valence-corrected chi connectivity index (χ4v) is 4.98. The van der Waals surface area contributed by atoms with Crippen molar-refractivity contribution < 1.29 is 19.0 Å². The van der Waals surface area contributed by atoms with Gasteiger partial charge in [0.1, 0.15) is 13.2 Å². The van der Waals surface area contributed by atoms with E-state index in [0.29, 0.717) is 44.7 Å². The fourth-order valence-electron chi connectivity index (χ4n) is 4.13. The van der Waals surface area contributed by atoms with E-state index >= 15 is 0 Å². The zero-order valence-corrected chi connectivity index (χ0v) is 20.6. The number of hydrogen-bond acceptors (Lipinski definition) is 8. The highest BCUT2D eigenvalue weighted by Gasteiger charge is 2.23. The summed E-state index contributed by atoms with van der Waals surface area (Å²) >= 11 is 1.41. The van der Waals surface area contributed by atoms with Crippen molar-refractivity contribution in [2.45, 2.75) is 18.6 Å². The van der Waals surface area contributed by atoms with Crippen LogP contribution in [0.4, 0.5) is 5.95 Å². The summed E-state index contributed by atoms with van der Waals surface area (Å²) in [6.07, 6.45) is 0. The number of para-hydroxylation sites is 1. The maximum Gasteiger partial charge on any atom is 0.233 e. The van der Waals surface area contributed by atoms with E-state index in [9.17, 15) is 4.79 Å². The van der Waals surface area contributed by atoms with E-state index in [4.69, 9.17) is 14.2 Å². The molecule has 0 aliphatic carbocycles. The molecule has 3 heterocycles. The first-order valence-corrected chi connectivity index (χ1v) is 12.8. The van der Waals surface area contributed by atoms with Crippen molar-refractivity contribution in [3.63, 3.8) is 0 Å². The average Bonchev–Trinajstić information content (AvgIpc) is 3.35. The summed E-state index contributed by atoms with van der Waals surface area (Å²) in [6.45, 7) is 7.05. The molecule has 184 valence electrons. The largest absolute Gasteiger partial charge is 0.486 e. The van der Waals surface area contributed by atoms with E-state index in [0.717, 1.165) is 41.8 Å². The van der Waals surface area contributed by atoms with E-state index in [1.807, 2.05) is 64.9 Å². The highest BCUT2D eigenvalue weighted by Crippen LogP contribution is 2.31. The van der Waals surface area contributed by atoms with Crippen LogP contribution in [-0.4, -0.2) is 77.4 Å². The Balaban J connectivity index is 1.30. The van der Waals surface area contributed by atoms with Gasteiger partial charge in [0.25, 0.3) is 0 Å². The summed E-state index contributed by atoms with van der Waals surface area (Å²) in [7, 11) is 0. The predicted molar refractivity (Wildman–Crippen MR) is 134 cm³/mol. The van der Waals surface area contributed by atoms with Crippen LogP contribution in [0.25, 0.3) is 5.69 Å². The Bertz CT molecular complexity index is 1150. The van der Waals surface area contributed by atoms with Crippen LogP contribution in [0.1, 0.15) is 12.5 Å². The van der Waals surface area contributed by atoms with Crippen molar-refractivity contribution >= 4 is 23.6 Å². The number of ether oxygens (including phenoxy) is 3. The summed E-state index contributed by atoms with van der Waals surface area (Å²) in [4.78, 5) is 17.2. The van der Waals surface area contributed by atoms with Crippen LogP contribution in [0, 0.1) is 0 Å². The third-order valence-electron chi connectivity index (χ3n) is 5.96. The number of fused-ring (bicyclic) bond motifs is 1.